The fourth-order valence-electron chi connectivity index (χ4n) is 2.06. The molecular formula is C13H18N2O3S. The lowest BCUT2D eigenvalue weighted by atomic mass is 10.1. The summed E-state index contributed by atoms with van der Waals surface area (Å²) in [5.74, 6) is 0. The van der Waals surface area contributed by atoms with E-state index in [-0.39, 0.29) is 19.2 Å². The van der Waals surface area contributed by atoms with Crippen LogP contribution in [0.1, 0.15) is 6.42 Å². The third-order valence-electron chi connectivity index (χ3n) is 3.23. The van der Waals surface area contributed by atoms with Crippen LogP contribution < -0.4 is 5.32 Å². The quantitative estimate of drug-likeness (QED) is 0.732. The number of nitrogens with zero attached hydrogens (tertiary/aromatic N) is 1. The summed E-state index contributed by atoms with van der Waals surface area (Å²) in [6.45, 7) is 0.293. The van der Waals surface area contributed by atoms with Crippen LogP contribution in [0.4, 0.5) is 10.5 Å². The smallest absolute Gasteiger partial charge is 0.321 e. The zero-order chi connectivity index (χ0) is 13.9. The molecule has 1 aliphatic heterocycles. The minimum atomic E-state index is -1.15. The Labute approximate surface area is 116 Å². The van der Waals surface area contributed by atoms with Crippen LogP contribution in [0.2, 0.25) is 0 Å². The van der Waals surface area contributed by atoms with E-state index in [4.69, 9.17) is 5.11 Å². The molecule has 3 N–H and O–H groups in total. The highest BCUT2D eigenvalue weighted by atomic mass is 32.2. The lowest BCUT2D eigenvalue weighted by molar-refractivity contribution is -0.00246. The van der Waals surface area contributed by atoms with Crippen LogP contribution in [0.25, 0.3) is 0 Å². The normalized spacial score (nSPS) is 22.6. The first-order valence-corrected chi connectivity index (χ1v) is 7.32. The Hall–Kier alpha value is -1.24. The van der Waals surface area contributed by atoms with E-state index in [1.54, 1.807) is 11.8 Å². The maximum absolute atomic E-state index is 12.0. The summed E-state index contributed by atoms with van der Waals surface area (Å²) in [6.07, 6.45) is 2.38. The van der Waals surface area contributed by atoms with E-state index in [1.807, 2.05) is 30.5 Å². The second-order valence-corrected chi connectivity index (χ2v) is 5.60. The van der Waals surface area contributed by atoms with Gasteiger partial charge in [0.2, 0.25) is 0 Å². The third-order valence-corrected chi connectivity index (χ3v) is 3.96. The predicted molar refractivity (Wildman–Crippen MR) is 75.5 cm³/mol. The van der Waals surface area contributed by atoms with E-state index in [9.17, 15) is 9.90 Å². The van der Waals surface area contributed by atoms with Crippen LogP contribution >= 0.6 is 11.8 Å². The fourth-order valence-corrected chi connectivity index (χ4v) is 2.52. The van der Waals surface area contributed by atoms with Gasteiger partial charge >= 0.3 is 6.03 Å². The van der Waals surface area contributed by atoms with Gasteiger partial charge in [-0.25, -0.2) is 4.79 Å². The molecule has 1 aromatic carbocycles. The molecule has 0 bridgehead atoms. The molecule has 5 nitrogen and oxygen atoms in total. The maximum atomic E-state index is 12.0. The number of urea groups is 1. The van der Waals surface area contributed by atoms with Gasteiger partial charge in [-0.2, -0.15) is 0 Å². The van der Waals surface area contributed by atoms with Crippen molar-refractivity contribution >= 4 is 23.5 Å². The summed E-state index contributed by atoms with van der Waals surface area (Å²) >= 11 is 1.61. The van der Waals surface area contributed by atoms with E-state index in [1.165, 1.54) is 4.90 Å². The van der Waals surface area contributed by atoms with Gasteiger partial charge in [0.25, 0.3) is 0 Å². The molecule has 1 aliphatic rings. The van der Waals surface area contributed by atoms with Crippen LogP contribution in [0.3, 0.4) is 0 Å². The maximum Gasteiger partial charge on any atom is 0.321 e. The molecule has 6 heteroatoms. The number of hydrogen-bond donors (Lipinski definition) is 3. The summed E-state index contributed by atoms with van der Waals surface area (Å²) in [4.78, 5) is 14.6. The topological polar surface area (TPSA) is 72.8 Å². The molecule has 0 radical (unpaired) electrons. The summed E-state index contributed by atoms with van der Waals surface area (Å²) in [5.41, 5.74) is -0.422. The third kappa shape index (κ3) is 3.40. The number of likely N-dealkylation sites (tertiary alicyclic amines) is 1. The molecule has 0 aromatic heterocycles. The molecule has 2 amide bonds. The van der Waals surface area contributed by atoms with Crippen molar-refractivity contribution < 1.29 is 15.0 Å². The number of carbonyl (C=O) groups is 1. The summed E-state index contributed by atoms with van der Waals surface area (Å²) in [5, 5.41) is 21.8. The van der Waals surface area contributed by atoms with Gasteiger partial charge in [0, 0.05) is 17.1 Å². The Bertz CT molecular complexity index is 469. The zero-order valence-corrected chi connectivity index (χ0v) is 11.6. The number of thioether (sulfide) groups is 1. The Balaban J connectivity index is 1.98. The summed E-state index contributed by atoms with van der Waals surface area (Å²) in [7, 11) is 0. The standard InChI is InChI=1S/C13H18N2O3S/c1-19-11-4-2-3-10(7-11)14-12(17)15-6-5-13(18,8-15)9-16/h2-4,7,16,18H,5-6,8-9H2,1H3,(H,14,17)/t13-/m1/s1. The molecule has 1 fully saturated rings. The molecule has 0 spiro atoms. The van der Waals surface area contributed by atoms with Crippen LogP contribution in [0, 0.1) is 0 Å². The van der Waals surface area contributed by atoms with Crippen LogP contribution in [0.5, 0.6) is 0 Å². The van der Waals surface area contributed by atoms with Crippen LogP contribution in [-0.4, -0.2) is 52.7 Å². The Kier molecular flexibility index (Phi) is 4.34. The first kappa shape index (κ1) is 14.2. The number of aliphatic hydroxyl groups excluding tert-OH is 1. The molecule has 1 atom stereocenters. The Morgan fingerprint density at radius 2 is 2.37 bits per heavy atom. The van der Waals surface area contributed by atoms with Crippen molar-refractivity contribution in [3.8, 4) is 0 Å². The van der Waals surface area contributed by atoms with Crippen molar-refractivity contribution in [2.45, 2.75) is 16.9 Å². The monoisotopic (exact) mass is 282 g/mol. The molecule has 0 saturated carbocycles. The van der Waals surface area contributed by atoms with E-state index in [0.29, 0.717) is 13.0 Å². The van der Waals surface area contributed by atoms with Gasteiger partial charge in [0.05, 0.1) is 13.2 Å². The average Bonchev–Trinajstić information content (AvgIpc) is 2.82. The predicted octanol–water partition coefficient (Wildman–Crippen LogP) is 1.37. The van der Waals surface area contributed by atoms with Crippen molar-refractivity contribution in [1.29, 1.82) is 0 Å². The largest absolute Gasteiger partial charge is 0.393 e. The van der Waals surface area contributed by atoms with Crippen molar-refractivity contribution in [2.75, 3.05) is 31.3 Å². The minimum Gasteiger partial charge on any atom is -0.393 e. The van der Waals surface area contributed by atoms with Crippen molar-refractivity contribution in [2.24, 2.45) is 0 Å². The highest BCUT2D eigenvalue weighted by Crippen LogP contribution is 2.23. The highest BCUT2D eigenvalue weighted by Gasteiger charge is 2.37. The second-order valence-electron chi connectivity index (χ2n) is 4.72. The van der Waals surface area contributed by atoms with Gasteiger partial charge in [-0.1, -0.05) is 6.07 Å². The van der Waals surface area contributed by atoms with E-state index in [0.717, 1.165) is 10.6 Å². The number of aliphatic hydroxyl groups is 2. The van der Waals surface area contributed by atoms with Crippen LogP contribution in [0.15, 0.2) is 29.2 Å². The van der Waals surface area contributed by atoms with Gasteiger partial charge in [-0.3, -0.25) is 0 Å². The van der Waals surface area contributed by atoms with E-state index < -0.39 is 5.60 Å². The Morgan fingerprint density at radius 3 is 3.00 bits per heavy atom. The number of amides is 2. The highest BCUT2D eigenvalue weighted by molar-refractivity contribution is 7.98. The van der Waals surface area contributed by atoms with Gasteiger partial charge in [0.15, 0.2) is 0 Å². The van der Waals surface area contributed by atoms with Gasteiger partial charge < -0.3 is 20.4 Å². The molecule has 19 heavy (non-hydrogen) atoms. The van der Waals surface area contributed by atoms with Gasteiger partial charge in [-0.15, -0.1) is 11.8 Å². The van der Waals surface area contributed by atoms with Crippen LogP contribution in [-0.2, 0) is 0 Å². The second kappa shape index (κ2) is 5.81. The van der Waals surface area contributed by atoms with E-state index in [2.05, 4.69) is 5.32 Å². The fraction of sp³-hybridized carbons (Fsp3) is 0.462. The van der Waals surface area contributed by atoms with Gasteiger partial charge in [0.1, 0.15) is 5.60 Å². The molecule has 1 aromatic rings. The SMILES string of the molecule is CSc1cccc(NC(=O)N2CC[C@](O)(CO)C2)c1. The number of β-amino-alcohol motifs (C(OH)–C–C–N with tert-alkyl or cyclic N) is 1. The van der Waals surface area contributed by atoms with E-state index >= 15 is 0 Å². The Morgan fingerprint density at radius 1 is 1.58 bits per heavy atom. The molecule has 0 aliphatic carbocycles. The number of benzene rings is 1. The number of nitrogens with one attached hydrogen (secondary N) is 1. The number of anilines is 1. The number of rotatable bonds is 3. The minimum absolute atomic E-state index is 0.164. The molecule has 1 heterocycles. The molecule has 2 rings (SSSR count). The number of hydrogen-bond acceptors (Lipinski definition) is 4. The average molecular weight is 282 g/mol. The first-order valence-electron chi connectivity index (χ1n) is 6.09. The molecular weight excluding hydrogens is 264 g/mol. The van der Waals surface area contributed by atoms with Crippen molar-refractivity contribution in [3.63, 3.8) is 0 Å². The number of carbonyl (C=O) groups excluding carboxylic acids is 1. The molecule has 104 valence electrons. The first-order chi connectivity index (χ1) is 9.06. The van der Waals surface area contributed by atoms with Crippen molar-refractivity contribution in [1.82, 2.24) is 4.90 Å². The molecule has 1 saturated heterocycles. The summed E-state index contributed by atoms with van der Waals surface area (Å²) in [6, 6.07) is 7.33. The van der Waals surface area contributed by atoms with Gasteiger partial charge in [-0.05, 0) is 30.9 Å². The van der Waals surface area contributed by atoms with Crippen molar-refractivity contribution in [3.05, 3.63) is 24.3 Å². The lowest BCUT2D eigenvalue weighted by Crippen LogP contribution is -2.40. The molecule has 0 unspecified atom stereocenters. The zero-order valence-electron chi connectivity index (χ0n) is 10.8. The summed E-state index contributed by atoms with van der Waals surface area (Å²) < 4.78 is 0. The lowest BCUT2D eigenvalue weighted by Gasteiger charge is -2.21.